The van der Waals surface area contributed by atoms with Crippen LogP contribution < -0.4 is 16.0 Å². The fraction of sp³-hybridized carbons (Fsp3) is 0.296. The van der Waals surface area contributed by atoms with Crippen LogP contribution in [-0.2, 0) is 38.7 Å². The molecule has 0 saturated heterocycles. The molecule has 37 heavy (non-hydrogen) atoms. The van der Waals surface area contributed by atoms with Gasteiger partial charge in [-0.05, 0) is 17.0 Å². The molecule has 1 heterocycles. The Labute approximate surface area is 215 Å². The molecule has 0 saturated carbocycles. The summed E-state index contributed by atoms with van der Waals surface area (Å²) in [6, 6.07) is 16.1. The quantitative estimate of drug-likeness (QED) is 0.278. The largest absolute Gasteiger partial charge is 0.445 e. The number of carbonyl (C=O) groups excluding carboxylic acids is 4. The van der Waals surface area contributed by atoms with Crippen molar-refractivity contribution in [2.24, 2.45) is 5.92 Å². The van der Waals surface area contributed by atoms with Gasteiger partial charge in [0, 0.05) is 24.9 Å². The van der Waals surface area contributed by atoms with Gasteiger partial charge in [0.15, 0.2) is 0 Å². The average Bonchev–Trinajstić information content (AvgIpc) is 3.42. The molecule has 194 valence electrons. The Kier molecular flexibility index (Phi) is 9.95. The lowest BCUT2D eigenvalue weighted by atomic mass is 9.98. The van der Waals surface area contributed by atoms with Crippen molar-refractivity contribution >= 4 is 23.7 Å². The lowest BCUT2D eigenvalue weighted by Crippen LogP contribution is -2.56. The first-order chi connectivity index (χ1) is 17.8. The van der Waals surface area contributed by atoms with Gasteiger partial charge in [0.1, 0.15) is 12.6 Å². The lowest BCUT2D eigenvalue weighted by Gasteiger charge is -2.24. The number of ether oxygens (including phenoxy) is 1. The average molecular weight is 506 g/mol. The number of nitrogens with one attached hydrogen (secondary N) is 4. The molecule has 3 rings (SSSR count). The Morgan fingerprint density at radius 3 is 2.16 bits per heavy atom. The fourth-order valence-electron chi connectivity index (χ4n) is 3.53. The predicted molar refractivity (Wildman–Crippen MR) is 136 cm³/mol. The molecule has 3 amide bonds. The Morgan fingerprint density at radius 2 is 1.57 bits per heavy atom. The topological polar surface area (TPSA) is 142 Å². The van der Waals surface area contributed by atoms with Crippen LogP contribution in [-0.4, -0.2) is 45.7 Å². The fourth-order valence-corrected chi connectivity index (χ4v) is 3.53. The van der Waals surface area contributed by atoms with Gasteiger partial charge in [0.05, 0.1) is 12.4 Å². The number of imidazole rings is 1. The number of Topliss-reactive ketones (excluding diaryl/α,β-unsaturated/α-hetero) is 1. The third-order valence-corrected chi connectivity index (χ3v) is 5.57. The molecule has 2 atom stereocenters. The number of carbonyl (C=O) groups is 4. The molecule has 0 radical (unpaired) electrons. The highest BCUT2D eigenvalue weighted by atomic mass is 16.5. The molecular formula is C27H31N5O5. The number of hydrogen-bond donors (Lipinski definition) is 4. The summed E-state index contributed by atoms with van der Waals surface area (Å²) in [5, 5.41) is 7.78. The minimum atomic E-state index is -1.09. The maximum absolute atomic E-state index is 13.2. The number of aromatic amines is 1. The van der Waals surface area contributed by atoms with Gasteiger partial charge in [-0.15, -0.1) is 0 Å². The van der Waals surface area contributed by atoms with Crippen LogP contribution in [0.1, 0.15) is 30.7 Å². The Morgan fingerprint density at radius 1 is 0.919 bits per heavy atom. The van der Waals surface area contributed by atoms with Crippen molar-refractivity contribution < 1.29 is 23.9 Å². The van der Waals surface area contributed by atoms with Gasteiger partial charge in [-0.25, -0.2) is 9.78 Å². The van der Waals surface area contributed by atoms with Crippen molar-refractivity contribution in [2.45, 2.75) is 45.5 Å². The highest BCUT2D eigenvalue weighted by molar-refractivity contribution is 6.38. The van der Waals surface area contributed by atoms with Crippen LogP contribution in [0, 0.1) is 5.92 Å². The van der Waals surface area contributed by atoms with Crippen LogP contribution in [0.4, 0.5) is 4.79 Å². The van der Waals surface area contributed by atoms with Gasteiger partial charge in [0.25, 0.3) is 5.91 Å². The molecule has 10 nitrogen and oxygen atoms in total. The van der Waals surface area contributed by atoms with E-state index in [1.807, 2.05) is 60.7 Å². The van der Waals surface area contributed by atoms with E-state index in [9.17, 15) is 19.2 Å². The van der Waals surface area contributed by atoms with E-state index < -0.39 is 35.8 Å². The SMILES string of the molecule is CC(C)[C@H](NC(=O)[C@H](Cc1cnc[nH]1)NC(=O)OCc1ccccc1)C(=O)C(=O)NCc1ccccc1. The first-order valence-electron chi connectivity index (χ1n) is 11.9. The second-order valence-electron chi connectivity index (χ2n) is 8.80. The van der Waals surface area contributed by atoms with Crippen LogP contribution >= 0.6 is 0 Å². The normalized spacial score (nSPS) is 12.3. The molecule has 0 aliphatic rings. The van der Waals surface area contributed by atoms with Crippen molar-refractivity contribution in [3.05, 3.63) is 90.0 Å². The van der Waals surface area contributed by atoms with Crippen LogP contribution in [0.3, 0.4) is 0 Å². The van der Waals surface area contributed by atoms with Crippen molar-refractivity contribution in [1.29, 1.82) is 0 Å². The van der Waals surface area contributed by atoms with Gasteiger partial charge >= 0.3 is 6.09 Å². The number of rotatable bonds is 12. The number of alkyl carbamates (subject to hydrolysis) is 1. The third kappa shape index (κ3) is 8.60. The number of H-pyrrole nitrogens is 1. The Bertz CT molecular complexity index is 1170. The summed E-state index contributed by atoms with van der Waals surface area (Å²) >= 11 is 0. The van der Waals surface area contributed by atoms with Crippen molar-refractivity contribution in [3.8, 4) is 0 Å². The van der Waals surface area contributed by atoms with Crippen LogP contribution in [0.5, 0.6) is 0 Å². The summed E-state index contributed by atoms with van der Waals surface area (Å²) < 4.78 is 5.25. The summed E-state index contributed by atoms with van der Waals surface area (Å²) in [6.45, 7) is 3.65. The second kappa shape index (κ2) is 13.6. The molecule has 1 aromatic heterocycles. The van der Waals surface area contributed by atoms with E-state index in [1.165, 1.54) is 12.5 Å². The van der Waals surface area contributed by atoms with E-state index in [4.69, 9.17) is 4.74 Å². The maximum atomic E-state index is 13.2. The van der Waals surface area contributed by atoms with Gasteiger partial charge in [0.2, 0.25) is 11.7 Å². The first-order valence-corrected chi connectivity index (χ1v) is 11.9. The number of nitrogens with zero attached hydrogens (tertiary/aromatic N) is 1. The van der Waals surface area contributed by atoms with E-state index in [2.05, 4.69) is 25.9 Å². The van der Waals surface area contributed by atoms with Gasteiger partial charge in [-0.3, -0.25) is 14.4 Å². The van der Waals surface area contributed by atoms with Crippen molar-refractivity contribution in [2.75, 3.05) is 0 Å². The van der Waals surface area contributed by atoms with Gasteiger partial charge < -0.3 is 25.7 Å². The zero-order chi connectivity index (χ0) is 26.6. The molecule has 0 fully saturated rings. The summed E-state index contributed by atoms with van der Waals surface area (Å²) in [5.41, 5.74) is 2.22. The molecule has 0 bridgehead atoms. The van der Waals surface area contributed by atoms with E-state index in [0.29, 0.717) is 5.69 Å². The molecule has 4 N–H and O–H groups in total. The van der Waals surface area contributed by atoms with E-state index in [-0.39, 0.29) is 25.5 Å². The van der Waals surface area contributed by atoms with E-state index in [0.717, 1.165) is 11.1 Å². The molecular weight excluding hydrogens is 474 g/mol. The maximum Gasteiger partial charge on any atom is 0.408 e. The molecule has 10 heteroatoms. The third-order valence-electron chi connectivity index (χ3n) is 5.57. The molecule has 0 aliphatic carbocycles. The van der Waals surface area contributed by atoms with E-state index in [1.54, 1.807) is 13.8 Å². The summed E-state index contributed by atoms with van der Waals surface area (Å²) in [7, 11) is 0. The monoisotopic (exact) mass is 505 g/mol. The van der Waals surface area contributed by atoms with Gasteiger partial charge in [-0.2, -0.15) is 0 Å². The minimum Gasteiger partial charge on any atom is -0.445 e. The summed E-state index contributed by atoms with van der Waals surface area (Å²) in [6.07, 6.45) is 2.26. The zero-order valence-corrected chi connectivity index (χ0v) is 20.8. The van der Waals surface area contributed by atoms with Crippen molar-refractivity contribution in [1.82, 2.24) is 25.9 Å². The standard InChI is InChI=1S/C27H31N5O5/c1-18(2)23(24(33)26(35)29-14-19-9-5-3-6-10-19)32-25(34)22(13-21-15-28-17-30-21)31-27(36)37-16-20-11-7-4-8-12-20/h3-12,15,17-18,22-23H,13-14,16H2,1-2H3,(H,28,30)(H,29,35)(H,31,36)(H,32,34)/t22-,23-/m0/s1. The second-order valence-corrected chi connectivity index (χ2v) is 8.80. The molecule has 0 aliphatic heterocycles. The molecule has 2 aromatic carbocycles. The van der Waals surface area contributed by atoms with Crippen LogP contribution in [0.2, 0.25) is 0 Å². The molecule has 3 aromatic rings. The highest BCUT2D eigenvalue weighted by Gasteiger charge is 2.32. The summed E-state index contributed by atoms with van der Waals surface area (Å²) in [4.78, 5) is 58.0. The number of ketones is 1. The van der Waals surface area contributed by atoms with Crippen molar-refractivity contribution in [3.63, 3.8) is 0 Å². The van der Waals surface area contributed by atoms with E-state index >= 15 is 0 Å². The smallest absolute Gasteiger partial charge is 0.408 e. The van der Waals surface area contributed by atoms with Crippen LogP contribution in [0.25, 0.3) is 0 Å². The number of benzene rings is 2. The lowest BCUT2D eigenvalue weighted by molar-refractivity contribution is -0.141. The molecule has 0 spiro atoms. The summed E-state index contributed by atoms with van der Waals surface area (Å²) in [5.74, 6) is -2.58. The Hall–Kier alpha value is -4.47. The first kappa shape index (κ1) is 27.1. The number of aromatic nitrogens is 2. The number of hydrogen-bond acceptors (Lipinski definition) is 6. The molecule has 0 unspecified atom stereocenters. The highest BCUT2D eigenvalue weighted by Crippen LogP contribution is 2.08. The minimum absolute atomic E-state index is 0.0275. The Balaban J connectivity index is 1.64. The zero-order valence-electron chi connectivity index (χ0n) is 20.8. The predicted octanol–water partition coefficient (Wildman–Crippen LogP) is 2.27. The van der Waals surface area contributed by atoms with Gasteiger partial charge in [-0.1, -0.05) is 74.5 Å². The number of amides is 3. The van der Waals surface area contributed by atoms with Crippen LogP contribution in [0.15, 0.2) is 73.2 Å².